The number of halogens is 2. The molecule has 8 nitrogen and oxygen atoms in total. The Bertz CT molecular complexity index is 1500. The Morgan fingerprint density at radius 1 is 1.12 bits per heavy atom. The number of amides is 2. The van der Waals surface area contributed by atoms with Crippen molar-refractivity contribution in [3.63, 3.8) is 0 Å². The van der Waals surface area contributed by atoms with Gasteiger partial charge >= 0.3 is 5.97 Å². The van der Waals surface area contributed by atoms with Crippen molar-refractivity contribution in [3.8, 4) is 22.4 Å². The fraction of sp³-hybridized carbons (Fsp3) is 0.452. The minimum atomic E-state index is -1.01. The molecule has 2 aliphatic carbocycles. The molecular formula is C31H32ClFN4O4S. The Balaban J connectivity index is 1.32. The molecule has 1 N–H and O–H groups in total. The van der Waals surface area contributed by atoms with Crippen LogP contribution >= 0.6 is 22.9 Å². The first-order chi connectivity index (χ1) is 20.3. The van der Waals surface area contributed by atoms with Crippen LogP contribution in [-0.4, -0.2) is 45.4 Å². The van der Waals surface area contributed by atoms with E-state index in [2.05, 4.69) is 9.97 Å². The average Bonchev–Trinajstić information content (AvgIpc) is 3.29. The number of nitrogens with zero attached hydrogens (tertiary/aromatic N) is 4. The van der Waals surface area contributed by atoms with E-state index in [1.165, 1.54) is 0 Å². The number of pyridine rings is 1. The van der Waals surface area contributed by atoms with E-state index < -0.39 is 17.0 Å². The first kappa shape index (κ1) is 28.7. The molecule has 3 heterocycles. The van der Waals surface area contributed by atoms with Gasteiger partial charge in [-0.2, -0.15) is 4.39 Å². The van der Waals surface area contributed by atoms with Crippen LogP contribution in [0.3, 0.4) is 0 Å². The summed E-state index contributed by atoms with van der Waals surface area (Å²) < 4.78 is 15.7. The SMILES string of the molecule is O=C(O)CC(CC1CCCC1)C(=O)N(c1nc(-c2cc(Cl)ccc2-c2ccc(N3CCCC3=O)nc2)c(F)s1)C1CC1. The Labute approximate surface area is 252 Å². The number of thiazole rings is 1. The molecule has 42 heavy (non-hydrogen) atoms. The predicted molar refractivity (Wildman–Crippen MR) is 160 cm³/mol. The summed E-state index contributed by atoms with van der Waals surface area (Å²) in [5, 5.41) is 9.68. The van der Waals surface area contributed by atoms with Crippen LogP contribution in [0.2, 0.25) is 5.02 Å². The molecule has 3 aromatic rings. The summed E-state index contributed by atoms with van der Waals surface area (Å²) in [6, 6.07) is 8.64. The molecule has 11 heteroatoms. The fourth-order valence-electron chi connectivity index (χ4n) is 6.21. The maximum absolute atomic E-state index is 15.7. The van der Waals surface area contributed by atoms with Crippen LogP contribution in [0, 0.1) is 17.0 Å². The maximum atomic E-state index is 15.7. The zero-order valence-corrected chi connectivity index (χ0v) is 24.7. The highest BCUT2D eigenvalue weighted by molar-refractivity contribution is 7.14. The molecular weight excluding hydrogens is 579 g/mol. The number of carbonyl (C=O) groups excluding carboxylic acids is 2. The molecule has 0 radical (unpaired) electrons. The molecule has 3 fully saturated rings. The molecule has 1 atom stereocenters. The van der Waals surface area contributed by atoms with Crippen molar-refractivity contribution in [2.24, 2.45) is 11.8 Å². The lowest BCUT2D eigenvalue weighted by Crippen LogP contribution is -2.39. The van der Waals surface area contributed by atoms with Crippen LogP contribution in [-0.2, 0) is 14.4 Å². The molecule has 0 bridgehead atoms. The quantitative estimate of drug-likeness (QED) is 0.266. The number of anilines is 2. The van der Waals surface area contributed by atoms with Gasteiger partial charge in [-0.3, -0.25) is 24.2 Å². The van der Waals surface area contributed by atoms with Gasteiger partial charge in [0.05, 0.1) is 6.42 Å². The van der Waals surface area contributed by atoms with Crippen LogP contribution in [0.4, 0.5) is 15.3 Å². The zero-order chi connectivity index (χ0) is 29.4. The molecule has 1 aromatic carbocycles. The van der Waals surface area contributed by atoms with Gasteiger partial charge in [0.25, 0.3) is 0 Å². The van der Waals surface area contributed by atoms with Gasteiger partial charge in [0, 0.05) is 47.3 Å². The highest BCUT2D eigenvalue weighted by Gasteiger charge is 2.40. The van der Waals surface area contributed by atoms with Crippen molar-refractivity contribution >= 4 is 51.7 Å². The number of hydrogen-bond acceptors (Lipinski definition) is 6. The van der Waals surface area contributed by atoms with Gasteiger partial charge < -0.3 is 5.11 Å². The Hall–Kier alpha value is -3.37. The molecule has 220 valence electrons. The summed E-state index contributed by atoms with van der Waals surface area (Å²) in [5.41, 5.74) is 1.91. The fourth-order valence-corrected chi connectivity index (χ4v) is 7.27. The van der Waals surface area contributed by atoms with Gasteiger partial charge in [-0.1, -0.05) is 54.7 Å². The summed E-state index contributed by atoms with van der Waals surface area (Å²) in [7, 11) is 0. The van der Waals surface area contributed by atoms with Crippen molar-refractivity contribution in [2.45, 2.75) is 70.3 Å². The number of aliphatic carboxylic acids is 1. The third kappa shape index (κ3) is 6.06. The second kappa shape index (κ2) is 12.1. The van der Waals surface area contributed by atoms with Crippen molar-refractivity contribution in [1.29, 1.82) is 0 Å². The third-order valence-corrected chi connectivity index (χ3v) is 9.52. The number of hydrogen-bond donors (Lipinski definition) is 1. The summed E-state index contributed by atoms with van der Waals surface area (Å²) in [4.78, 5) is 50.1. The number of rotatable bonds is 10. The van der Waals surface area contributed by atoms with Crippen LogP contribution < -0.4 is 9.80 Å². The van der Waals surface area contributed by atoms with E-state index in [9.17, 15) is 19.5 Å². The normalized spacial score (nSPS) is 18.0. The first-order valence-electron chi connectivity index (χ1n) is 14.6. The van der Waals surface area contributed by atoms with Gasteiger partial charge in [0.1, 0.15) is 11.5 Å². The van der Waals surface area contributed by atoms with Gasteiger partial charge in [-0.25, -0.2) is 9.97 Å². The molecule has 2 amide bonds. The number of carboxylic acid groups (broad SMARTS) is 1. The van der Waals surface area contributed by atoms with Crippen LogP contribution in [0.15, 0.2) is 36.5 Å². The van der Waals surface area contributed by atoms with E-state index in [0.29, 0.717) is 52.8 Å². The van der Waals surface area contributed by atoms with Crippen LogP contribution in [0.1, 0.15) is 64.2 Å². The minimum Gasteiger partial charge on any atom is -0.481 e. The van der Waals surface area contributed by atoms with Gasteiger partial charge in [0.15, 0.2) is 5.13 Å². The highest BCUT2D eigenvalue weighted by atomic mass is 35.5. The number of carboxylic acids is 1. The highest BCUT2D eigenvalue weighted by Crippen LogP contribution is 2.43. The lowest BCUT2D eigenvalue weighted by Gasteiger charge is -2.26. The number of benzene rings is 1. The van der Waals surface area contributed by atoms with Crippen molar-refractivity contribution in [2.75, 3.05) is 16.3 Å². The van der Waals surface area contributed by atoms with Crippen molar-refractivity contribution in [1.82, 2.24) is 9.97 Å². The van der Waals surface area contributed by atoms with E-state index in [0.717, 1.165) is 56.3 Å². The van der Waals surface area contributed by atoms with Crippen LogP contribution in [0.5, 0.6) is 0 Å². The summed E-state index contributed by atoms with van der Waals surface area (Å²) >= 11 is 7.16. The Morgan fingerprint density at radius 3 is 2.55 bits per heavy atom. The summed E-state index contributed by atoms with van der Waals surface area (Å²) in [5.74, 6) is -1.01. The van der Waals surface area contributed by atoms with E-state index >= 15 is 4.39 Å². The summed E-state index contributed by atoms with van der Waals surface area (Å²) in [6.07, 6.45) is 8.99. The van der Waals surface area contributed by atoms with Crippen molar-refractivity contribution < 1.29 is 23.9 Å². The summed E-state index contributed by atoms with van der Waals surface area (Å²) in [6.45, 7) is 0.633. The molecule has 1 aliphatic heterocycles. The first-order valence-corrected chi connectivity index (χ1v) is 15.8. The average molecular weight is 611 g/mol. The van der Waals surface area contributed by atoms with Crippen molar-refractivity contribution in [3.05, 3.63) is 46.7 Å². The minimum absolute atomic E-state index is 0.0445. The van der Waals surface area contributed by atoms with E-state index in [1.54, 1.807) is 40.3 Å². The number of aromatic nitrogens is 2. The lowest BCUT2D eigenvalue weighted by atomic mass is 9.90. The molecule has 0 spiro atoms. The molecule has 2 saturated carbocycles. The zero-order valence-electron chi connectivity index (χ0n) is 23.1. The smallest absolute Gasteiger partial charge is 0.304 e. The maximum Gasteiger partial charge on any atom is 0.304 e. The third-order valence-electron chi connectivity index (χ3n) is 8.44. The largest absolute Gasteiger partial charge is 0.481 e. The second-order valence-corrected chi connectivity index (χ2v) is 12.8. The standard InChI is InChI=1S/C31H32ClFN4O4S/c32-21-8-11-23(19-7-12-25(34-17-19)36-13-3-6-26(36)38)24(16-21)28-29(33)42-31(35-28)37(22-9-10-22)30(41)20(15-27(39)40)14-18-4-1-2-5-18/h7-8,11-12,16-18,20,22H,1-6,9-10,13-15H2,(H,39,40). The van der Waals surface area contributed by atoms with Gasteiger partial charge in [0.2, 0.25) is 16.9 Å². The van der Waals surface area contributed by atoms with E-state index in [1.807, 2.05) is 6.07 Å². The van der Waals surface area contributed by atoms with Gasteiger partial charge in [-0.05, 0) is 61.4 Å². The lowest BCUT2D eigenvalue weighted by molar-refractivity contribution is -0.141. The number of carbonyl (C=O) groups is 3. The van der Waals surface area contributed by atoms with E-state index in [-0.39, 0.29) is 35.1 Å². The molecule has 1 saturated heterocycles. The predicted octanol–water partition coefficient (Wildman–Crippen LogP) is 6.96. The molecule has 3 aliphatic rings. The molecule has 1 unspecified atom stereocenters. The van der Waals surface area contributed by atoms with Gasteiger partial charge in [-0.15, -0.1) is 0 Å². The Morgan fingerprint density at radius 2 is 1.90 bits per heavy atom. The Kier molecular flexibility index (Phi) is 8.27. The molecule has 2 aromatic heterocycles. The topological polar surface area (TPSA) is 104 Å². The van der Waals surface area contributed by atoms with Crippen LogP contribution in [0.25, 0.3) is 22.4 Å². The van der Waals surface area contributed by atoms with E-state index in [4.69, 9.17) is 11.6 Å². The molecule has 6 rings (SSSR count). The second-order valence-electron chi connectivity index (χ2n) is 11.5. The monoisotopic (exact) mass is 610 g/mol.